The van der Waals surface area contributed by atoms with Gasteiger partial charge in [-0.15, -0.1) is 0 Å². The van der Waals surface area contributed by atoms with Crippen LogP contribution >= 0.6 is 0 Å². The molecule has 84 valence electrons. The normalized spacial score (nSPS) is 38.9. The lowest BCUT2D eigenvalue weighted by Crippen LogP contribution is -2.44. The maximum atomic E-state index is 4.31. The standard InChI is InChI=1S/C15H24/c1-11-6-5-7-12(2)13-10-15(3,4)14(13)9-8-11/h8,13-14H,2,5-7,9-10H2,1,3-4H3/b11-8-/t13-,14+/m0/s1. The fraction of sp³-hybridized carbons (Fsp3) is 0.733. The average Bonchev–Trinajstić information content (AvgIpc) is 2.18. The Morgan fingerprint density at radius 2 is 2.07 bits per heavy atom. The molecular weight excluding hydrogens is 180 g/mol. The van der Waals surface area contributed by atoms with Crippen molar-refractivity contribution in [2.24, 2.45) is 17.3 Å². The van der Waals surface area contributed by atoms with E-state index in [0.717, 1.165) is 11.8 Å². The third kappa shape index (κ3) is 2.04. The molecule has 0 amide bonds. The molecule has 0 aliphatic heterocycles. The van der Waals surface area contributed by atoms with E-state index in [4.69, 9.17) is 0 Å². The summed E-state index contributed by atoms with van der Waals surface area (Å²) in [4.78, 5) is 0. The summed E-state index contributed by atoms with van der Waals surface area (Å²) in [6, 6.07) is 0. The van der Waals surface area contributed by atoms with Crippen molar-refractivity contribution in [3.8, 4) is 0 Å². The molecule has 0 aromatic heterocycles. The third-order valence-electron chi connectivity index (χ3n) is 4.55. The third-order valence-corrected chi connectivity index (χ3v) is 4.55. The molecule has 2 rings (SSSR count). The Hall–Kier alpha value is -0.520. The maximum Gasteiger partial charge on any atom is -0.0164 e. The van der Waals surface area contributed by atoms with Gasteiger partial charge in [0.05, 0.1) is 0 Å². The van der Waals surface area contributed by atoms with E-state index in [1.165, 1.54) is 37.7 Å². The summed E-state index contributed by atoms with van der Waals surface area (Å²) in [5, 5.41) is 0. The summed E-state index contributed by atoms with van der Waals surface area (Å²) >= 11 is 0. The molecule has 0 N–H and O–H groups in total. The molecule has 15 heavy (non-hydrogen) atoms. The van der Waals surface area contributed by atoms with E-state index in [-0.39, 0.29) is 0 Å². The minimum absolute atomic E-state index is 0.550. The van der Waals surface area contributed by atoms with Crippen molar-refractivity contribution in [2.75, 3.05) is 0 Å². The molecule has 2 atom stereocenters. The van der Waals surface area contributed by atoms with Gasteiger partial charge in [-0.05, 0) is 56.3 Å². The Bertz CT molecular complexity index is 293. The molecule has 0 heteroatoms. The molecule has 1 fully saturated rings. The molecular formula is C15H24. The Morgan fingerprint density at radius 3 is 2.73 bits per heavy atom. The topological polar surface area (TPSA) is 0 Å². The monoisotopic (exact) mass is 204 g/mol. The Kier molecular flexibility index (Phi) is 2.79. The first-order valence-electron chi connectivity index (χ1n) is 6.34. The highest BCUT2D eigenvalue weighted by Gasteiger charge is 2.47. The van der Waals surface area contributed by atoms with Gasteiger partial charge in [-0.2, -0.15) is 0 Å². The van der Waals surface area contributed by atoms with Gasteiger partial charge in [0.15, 0.2) is 0 Å². The molecule has 1 saturated carbocycles. The largest absolute Gasteiger partial charge is 0.0996 e. The number of hydrogen-bond donors (Lipinski definition) is 0. The summed E-state index contributed by atoms with van der Waals surface area (Å²) in [5.74, 6) is 1.68. The van der Waals surface area contributed by atoms with Crippen molar-refractivity contribution in [2.45, 2.75) is 52.9 Å². The van der Waals surface area contributed by atoms with Gasteiger partial charge in [0.1, 0.15) is 0 Å². The van der Waals surface area contributed by atoms with Gasteiger partial charge < -0.3 is 0 Å². The number of rotatable bonds is 0. The summed E-state index contributed by atoms with van der Waals surface area (Å²) in [6.07, 6.45) is 8.97. The fourth-order valence-corrected chi connectivity index (χ4v) is 3.37. The van der Waals surface area contributed by atoms with Gasteiger partial charge >= 0.3 is 0 Å². The second kappa shape index (κ2) is 3.81. The minimum Gasteiger partial charge on any atom is -0.0996 e. The molecule has 0 unspecified atom stereocenters. The highest BCUT2D eigenvalue weighted by atomic mass is 14.5. The first-order chi connectivity index (χ1) is 7.00. The lowest BCUT2D eigenvalue weighted by Gasteiger charge is -2.52. The van der Waals surface area contributed by atoms with E-state index >= 15 is 0 Å². The van der Waals surface area contributed by atoms with Crippen LogP contribution in [0.25, 0.3) is 0 Å². The van der Waals surface area contributed by atoms with E-state index in [1.54, 1.807) is 5.57 Å². The molecule has 0 heterocycles. The molecule has 0 aromatic carbocycles. The predicted octanol–water partition coefficient (Wildman–Crippen LogP) is 4.73. The lowest BCUT2D eigenvalue weighted by atomic mass is 9.52. The zero-order valence-corrected chi connectivity index (χ0v) is 10.5. The first kappa shape index (κ1) is 11.0. The van der Waals surface area contributed by atoms with Gasteiger partial charge in [0.25, 0.3) is 0 Å². The zero-order valence-electron chi connectivity index (χ0n) is 10.5. The summed E-state index contributed by atoms with van der Waals surface area (Å²) in [5.41, 5.74) is 3.67. The Balaban J connectivity index is 2.15. The molecule has 0 aromatic rings. The summed E-state index contributed by atoms with van der Waals surface area (Å²) in [7, 11) is 0. The molecule has 0 bridgehead atoms. The number of fused-ring (bicyclic) bond motifs is 1. The van der Waals surface area contributed by atoms with Crippen LogP contribution in [0, 0.1) is 17.3 Å². The first-order valence-corrected chi connectivity index (χ1v) is 6.34. The van der Waals surface area contributed by atoms with Crippen LogP contribution in [0.5, 0.6) is 0 Å². The van der Waals surface area contributed by atoms with Crippen molar-refractivity contribution in [3.63, 3.8) is 0 Å². The minimum atomic E-state index is 0.550. The van der Waals surface area contributed by atoms with Gasteiger partial charge in [0.2, 0.25) is 0 Å². The Morgan fingerprint density at radius 1 is 1.33 bits per heavy atom. The maximum absolute atomic E-state index is 4.31. The second-order valence-electron chi connectivity index (χ2n) is 6.20. The van der Waals surface area contributed by atoms with Crippen LogP contribution in [0.2, 0.25) is 0 Å². The fourth-order valence-electron chi connectivity index (χ4n) is 3.37. The molecule has 2 aliphatic carbocycles. The SMILES string of the molecule is C=C1CCC/C(C)=C\C[C@@H]2[C@H]1CC2(C)C. The van der Waals surface area contributed by atoms with E-state index in [0.29, 0.717) is 5.41 Å². The molecule has 2 aliphatic rings. The highest BCUT2D eigenvalue weighted by molar-refractivity contribution is 5.16. The van der Waals surface area contributed by atoms with Crippen LogP contribution in [0.4, 0.5) is 0 Å². The summed E-state index contributed by atoms with van der Waals surface area (Å²) in [6.45, 7) is 11.4. The summed E-state index contributed by atoms with van der Waals surface area (Å²) < 4.78 is 0. The number of hydrogen-bond acceptors (Lipinski definition) is 0. The van der Waals surface area contributed by atoms with Crippen LogP contribution in [0.1, 0.15) is 52.9 Å². The van der Waals surface area contributed by atoms with E-state index < -0.39 is 0 Å². The van der Waals surface area contributed by atoms with Crippen LogP contribution in [0.3, 0.4) is 0 Å². The number of allylic oxidation sites excluding steroid dienone is 3. The van der Waals surface area contributed by atoms with Crippen LogP contribution in [-0.4, -0.2) is 0 Å². The van der Waals surface area contributed by atoms with Gasteiger partial charge in [-0.1, -0.05) is 37.6 Å². The smallest absolute Gasteiger partial charge is 0.0164 e. The molecule has 0 radical (unpaired) electrons. The van der Waals surface area contributed by atoms with Crippen LogP contribution < -0.4 is 0 Å². The average molecular weight is 204 g/mol. The zero-order chi connectivity index (χ0) is 11.1. The molecule has 0 spiro atoms. The van der Waals surface area contributed by atoms with E-state index in [2.05, 4.69) is 33.4 Å². The van der Waals surface area contributed by atoms with Crippen molar-refractivity contribution >= 4 is 0 Å². The predicted molar refractivity (Wildman–Crippen MR) is 66.7 cm³/mol. The highest BCUT2D eigenvalue weighted by Crippen LogP contribution is 2.56. The van der Waals surface area contributed by atoms with Crippen molar-refractivity contribution in [1.82, 2.24) is 0 Å². The van der Waals surface area contributed by atoms with Crippen LogP contribution in [-0.2, 0) is 0 Å². The van der Waals surface area contributed by atoms with E-state index in [1.807, 2.05) is 0 Å². The quantitative estimate of drug-likeness (QED) is 0.501. The molecule has 0 nitrogen and oxygen atoms in total. The second-order valence-corrected chi connectivity index (χ2v) is 6.20. The van der Waals surface area contributed by atoms with Crippen molar-refractivity contribution in [1.29, 1.82) is 0 Å². The van der Waals surface area contributed by atoms with Gasteiger partial charge in [0, 0.05) is 0 Å². The van der Waals surface area contributed by atoms with Gasteiger partial charge in [-0.3, -0.25) is 0 Å². The van der Waals surface area contributed by atoms with Crippen molar-refractivity contribution in [3.05, 3.63) is 23.8 Å². The van der Waals surface area contributed by atoms with E-state index in [9.17, 15) is 0 Å². The molecule has 0 saturated heterocycles. The lowest BCUT2D eigenvalue weighted by molar-refractivity contribution is 0.0121. The Labute approximate surface area is 94.5 Å². The van der Waals surface area contributed by atoms with Crippen LogP contribution in [0.15, 0.2) is 23.8 Å². The van der Waals surface area contributed by atoms with Gasteiger partial charge in [-0.25, -0.2) is 0 Å². The van der Waals surface area contributed by atoms with Crippen molar-refractivity contribution < 1.29 is 0 Å².